The van der Waals surface area contributed by atoms with Gasteiger partial charge in [0.25, 0.3) is 0 Å². The van der Waals surface area contributed by atoms with Gasteiger partial charge in [0.1, 0.15) is 0 Å². The first-order valence-electron chi connectivity index (χ1n) is 11.8. The van der Waals surface area contributed by atoms with E-state index in [0.717, 1.165) is 58.7 Å². The van der Waals surface area contributed by atoms with Crippen LogP contribution in [0.2, 0.25) is 0 Å². The molecule has 30 heavy (non-hydrogen) atoms. The summed E-state index contributed by atoms with van der Waals surface area (Å²) >= 11 is 0. The maximum absolute atomic E-state index is 12.2. The Kier molecular flexibility index (Phi) is 7.45. The molecule has 1 aromatic rings. The minimum atomic E-state index is 0.176. The van der Waals surface area contributed by atoms with Gasteiger partial charge < -0.3 is 14.8 Å². The summed E-state index contributed by atoms with van der Waals surface area (Å²) in [7, 11) is 0. The van der Waals surface area contributed by atoms with Crippen LogP contribution >= 0.6 is 0 Å². The topological polar surface area (TPSA) is 50.8 Å². The van der Waals surface area contributed by atoms with E-state index in [2.05, 4.69) is 41.4 Å². The molecule has 3 aliphatic rings. The molecule has 5 nitrogen and oxygen atoms in total. The Labute approximate surface area is 181 Å². The van der Waals surface area contributed by atoms with Crippen molar-refractivity contribution in [2.75, 3.05) is 39.5 Å². The molecule has 3 fully saturated rings. The molecule has 1 N–H and O–H groups in total. The maximum Gasteiger partial charge on any atom is 0.220 e. The van der Waals surface area contributed by atoms with Crippen LogP contribution in [0.1, 0.15) is 56.1 Å². The Balaban J connectivity index is 1.14. The highest BCUT2D eigenvalue weighted by Crippen LogP contribution is 2.40. The molecule has 5 heteroatoms. The lowest BCUT2D eigenvalue weighted by Crippen LogP contribution is -2.47. The second-order valence-corrected chi connectivity index (χ2v) is 9.80. The predicted octanol–water partition coefficient (Wildman–Crippen LogP) is 3.69. The van der Waals surface area contributed by atoms with E-state index >= 15 is 0 Å². The first-order chi connectivity index (χ1) is 14.6. The van der Waals surface area contributed by atoms with E-state index in [1.54, 1.807) is 0 Å². The summed E-state index contributed by atoms with van der Waals surface area (Å²) in [6, 6.07) is 8.86. The van der Waals surface area contributed by atoms with Crippen molar-refractivity contribution >= 4 is 5.91 Å². The van der Waals surface area contributed by atoms with Crippen LogP contribution in [-0.4, -0.2) is 56.4 Å². The maximum atomic E-state index is 12.2. The van der Waals surface area contributed by atoms with Gasteiger partial charge in [-0.1, -0.05) is 29.8 Å². The summed E-state index contributed by atoms with van der Waals surface area (Å²) < 4.78 is 11.6. The normalized spacial score (nSPS) is 25.3. The van der Waals surface area contributed by atoms with Crippen molar-refractivity contribution in [1.29, 1.82) is 0 Å². The van der Waals surface area contributed by atoms with Crippen LogP contribution in [-0.2, 0) is 20.8 Å². The molecule has 0 aromatic heterocycles. The van der Waals surface area contributed by atoms with Gasteiger partial charge in [0.15, 0.2) is 0 Å². The van der Waals surface area contributed by atoms with Crippen molar-refractivity contribution in [3.8, 4) is 0 Å². The minimum absolute atomic E-state index is 0.176. The number of nitrogens with one attached hydrogen (secondary N) is 1. The van der Waals surface area contributed by atoms with Gasteiger partial charge >= 0.3 is 0 Å². The summed E-state index contributed by atoms with van der Waals surface area (Å²) in [4.78, 5) is 14.8. The molecule has 1 aromatic carbocycles. The fourth-order valence-corrected chi connectivity index (χ4v) is 5.24. The van der Waals surface area contributed by atoms with Crippen LogP contribution in [0.5, 0.6) is 0 Å². The van der Waals surface area contributed by atoms with Crippen LogP contribution in [0.3, 0.4) is 0 Å². The largest absolute Gasteiger partial charge is 0.381 e. The Morgan fingerprint density at radius 3 is 2.67 bits per heavy atom. The van der Waals surface area contributed by atoms with Gasteiger partial charge in [-0.2, -0.15) is 0 Å². The number of nitrogens with zero attached hydrogens (tertiary/aromatic N) is 1. The lowest BCUT2D eigenvalue weighted by Gasteiger charge is -2.45. The summed E-state index contributed by atoms with van der Waals surface area (Å²) in [6.07, 6.45) is 7.58. The van der Waals surface area contributed by atoms with Gasteiger partial charge in [0, 0.05) is 32.7 Å². The second kappa shape index (κ2) is 10.3. The highest BCUT2D eigenvalue weighted by atomic mass is 16.5. The highest BCUT2D eigenvalue weighted by Gasteiger charge is 2.38. The van der Waals surface area contributed by atoms with Crippen molar-refractivity contribution in [3.63, 3.8) is 0 Å². The lowest BCUT2D eigenvalue weighted by molar-refractivity contribution is -0.125. The second-order valence-electron chi connectivity index (χ2n) is 9.80. The number of aryl methyl sites for hydroxylation is 1. The monoisotopic (exact) mass is 414 g/mol. The molecule has 0 bridgehead atoms. The molecule has 0 aliphatic carbocycles. The Bertz CT molecular complexity index is 683. The van der Waals surface area contributed by atoms with Crippen LogP contribution in [0.25, 0.3) is 0 Å². The third-order valence-electron chi connectivity index (χ3n) is 7.37. The van der Waals surface area contributed by atoms with Gasteiger partial charge in [0.05, 0.1) is 12.7 Å². The molecule has 1 unspecified atom stereocenters. The standard InChI is InChI=1S/C25H38N2O3/c1-20-3-2-4-22(15-20)18-27-11-9-25(10-12-27)8-5-23(30-19-25)17-26-24(28)16-21-6-13-29-14-7-21/h2-4,15,21,23H,5-14,16-19H2,1H3,(H,26,28). The van der Waals surface area contributed by atoms with Crippen LogP contribution in [0.4, 0.5) is 0 Å². The number of piperidine rings is 1. The molecule has 4 rings (SSSR count). The van der Waals surface area contributed by atoms with Gasteiger partial charge in [-0.25, -0.2) is 0 Å². The number of hydrogen-bond donors (Lipinski definition) is 1. The number of amides is 1. The molecule has 0 radical (unpaired) electrons. The molecule has 3 saturated heterocycles. The van der Waals surface area contributed by atoms with Gasteiger partial charge in [-0.05, 0) is 75.4 Å². The number of ether oxygens (including phenoxy) is 2. The smallest absolute Gasteiger partial charge is 0.220 e. The van der Waals surface area contributed by atoms with Gasteiger partial charge in [0.2, 0.25) is 5.91 Å². The third-order valence-corrected chi connectivity index (χ3v) is 7.37. The molecule has 0 saturated carbocycles. The van der Waals surface area contributed by atoms with Gasteiger partial charge in [-0.3, -0.25) is 9.69 Å². The first kappa shape index (κ1) is 21.8. The third kappa shape index (κ3) is 6.05. The fraction of sp³-hybridized carbons (Fsp3) is 0.720. The number of benzene rings is 1. The average molecular weight is 415 g/mol. The first-order valence-corrected chi connectivity index (χ1v) is 11.8. The highest BCUT2D eigenvalue weighted by molar-refractivity contribution is 5.76. The lowest BCUT2D eigenvalue weighted by atomic mass is 9.73. The van der Waals surface area contributed by atoms with Crippen molar-refractivity contribution in [3.05, 3.63) is 35.4 Å². The number of carbonyl (C=O) groups excluding carboxylic acids is 1. The molecule has 3 aliphatic heterocycles. The summed E-state index contributed by atoms with van der Waals surface area (Å²) in [5, 5.41) is 3.12. The van der Waals surface area contributed by atoms with E-state index in [4.69, 9.17) is 9.47 Å². The van der Waals surface area contributed by atoms with E-state index in [9.17, 15) is 4.79 Å². The molecule has 166 valence electrons. The zero-order valence-electron chi connectivity index (χ0n) is 18.5. The average Bonchev–Trinajstić information content (AvgIpc) is 2.76. The Morgan fingerprint density at radius 1 is 1.17 bits per heavy atom. The van der Waals surface area contributed by atoms with E-state index in [1.807, 2.05) is 0 Å². The molecule has 3 heterocycles. The van der Waals surface area contributed by atoms with Crippen molar-refractivity contribution < 1.29 is 14.3 Å². The van der Waals surface area contributed by atoms with Gasteiger partial charge in [-0.15, -0.1) is 0 Å². The molecular formula is C25H38N2O3. The molecule has 1 spiro atoms. The zero-order chi connectivity index (χ0) is 20.8. The van der Waals surface area contributed by atoms with Crippen molar-refractivity contribution in [2.45, 2.75) is 64.5 Å². The predicted molar refractivity (Wildman–Crippen MR) is 118 cm³/mol. The molecule has 1 atom stereocenters. The summed E-state index contributed by atoms with van der Waals surface area (Å²) in [6.45, 7) is 8.65. The van der Waals surface area contributed by atoms with E-state index in [-0.39, 0.29) is 12.0 Å². The van der Waals surface area contributed by atoms with E-state index in [0.29, 0.717) is 24.3 Å². The van der Waals surface area contributed by atoms with E-state index in [1.165, 1.54) is 30.4 Å². The van der Waals surface area contributed by atoms with E-state index < -0.39 is 0 Å². The van der Waals surface area contributed by atoms with Crippen LogP contribution in [0, 0.1) is 18.3 Å². The van der Waals surface area contributed by atoms with Crippen molar-refractivity contribution in [1.82, 2.24) is 10.2 Å². The fourth-order valence-electron chi connectivity index (χ4n) is 5.24. The number of likely N-dealkylation sites (tertiary alicyclic amines) is 1. The van der Waals surface area contributed by atoms with Crippen LogP contribution < -0.4 is 5.32 Å². The zero-order valence-corrected chi connectivity index (χ0v) is 18.5. The summed E-state index contributed by atoms with van der Waals surface area (Å²) in [5.74, 6) is 0.662. The Hall–Kier alpha value is -1.43. The van der Waals surface area contributed by atoms with Crippen molar-refractivity contribution in [2.24, 2.45) is 11.3 Å². The molecular weight excluding hydrogens is 376 g/mol. The summed E-state index contributed by atoms with van der Waals surface area (Å²) in [5.41, 5.74) is 3.11. The number of rotatable bonds is 6. The minimum Gasteiger partial charge on any atom is -0.381 e. The quantitative estimate of drug-likeness (QED) is 0.771. The Morgan fingerprint density at radius 2 is 1.97 bits per heavy atom. The number of carbonyl (C=O) groups is 1. The van der Waals surface area contributed by atoms with Crippen LogP contribution in [0.15, 0.2) is 24.3 Å². The molecule has 1 amide bonds. The SMILES string of the molecule is Cc1cccc(CN2CCC3(CCC(CNC(=O)CC4CCOCC4)OC3)CC2)c1. The number of hydrogen-bond acceptors (Lipinski definition) is 4.